The van der Waals surface area contributed by atoms with Gasteiger partial charge in [0.05, 0.1) is 14.2 Å². The van der Waals surface area contributed by atoms with Crippen LogP contribution in [0.4, 0.5) is 0 Å². The van der Waals surface area contributed by atoms with Gasteiger partial charge < -0.3 is 14.8 Å². The standard InChI is InChI=1S/C15H24N2O2/c1-11-9-14(18-3)15(19-4)10-13(11)12(2)17-7-5-16-6-8-17/h9-10,12,16H,5-8H2,1-4H3. The van der Waals surface area contributed by atoms with Crippen molar-refractivity contribution in [2.45, 2.75) is 19.9 Å². The first-order valence-electron chi connectivity index (χ1n) is 6.84. The fraction of sp³-hybridized carbons (Fsp3) is 0.600. The van der Waals surface area contributed by atoms with E-state index < -0.39 is 0 Å². The lowest BCUT2D eigenvalue weighted by Crippen LogP contribution is -2.44. The molecule has 0 aromatic heterocycles. The van der Waals surface area contributed by atoms with Crippen LogP contribution in [-0.4, -0.2) is 45.3 Å². The minimum atomic E-state index is 0.405. The second-order valence-corrected chi connectivity index (χ2v) is 5.03. The second kappa shape index (κ2) is 6.26. The van der Waals surface area contributed by atoms with Crippen LogP contribution in [0.15, 0.2) is 12.1 Å². The average Bonchev–Trinajstić information content (AvgIpc) is 2.47. The van der Waals surface area contributed by atoms with E-state index in [1.807, 2.05) is 0 Å². The van der Waals surface area contributed by atoms with E-state index in [2.05, 4.69) is 36.2 Å². The SMILES string of the molecule is COc1cc(C)c(C(C)N2CCNCC2)cc1OC. The molecule has 1 N–H and O–H groups in total. The predicted octanol–water partition coefficient (Wildman–Crippen LogP) is 1.98. The topological polar surface area (TPSA) is 33.7 Å². The molecule has 1 fully saturated rings. The van der Waals surface area contributed by atoms with Crippen LogP contribution in [0.1, 0.15) is 24.1 Å². The van der Waals surface area contributed by atoms with E-state index in [4.69, 9.17) is 9.47 Å². The normalized spacial score (nSPS) is 18.1. The summed E-state index contributed by atoms with van der Waals surface area (Å²) in [6.45, 7) is 8.72. The molecule has 1 atom stereocenters. The number of hydrogen-bond donors (Lipinski definition) is 1. The fourth-order valence-electron chi connectivity index (χ4n) is 2.71. The number of nitrogens with one attached hydrogen (secondary N) is 1. The Morgan fingerprint density at radius 2 is 1.68 bits per heavy atom. The number of piperazine rings is 1. The Labute approximate surface area is 115 Å². The molecule has 1 aromatic rings. The Morgan fingerprint density at radius 1 is 1.11 bits per heavy atom. The van der Waals surface area contributed by atoms with Crippen LogP contribution in [0, 0.1) is 6.92 Å². The number of benzene rings is 1. The van der Waals surface area contributed by atoms with Crippen molar-refractivity contribution in [1.82, 2.24) is 10.2 Å². The largest absolute Gasteiger partial charge is 0.493 e. The van der Waals surface area contributed by atoms with Crippen molar-refractivity contribution in [3.8, 4) is 11.5 Å². The zero-order chi connectivity index (χ0) is 13.8. The third-order valence-electron chi connectivity index (χ3n) is 3.92. The molecular weight excluding hydrogens is 240 g/mol. The smallest absolute Gasteiger partial charge is 0.161 e. The summed E-state index contributed by atoms with van der Waals surface area (Å²) in [5, 5.41) is 3.39. The Morgan fingerprint density at radius 3 is 2.26 bits per heavy atom. The summed E-state index contributed by atoms with van der Waals surface area (Å²) in [6, 6.07) is 4.58. The summed E-state index contributed by atoms with van der Waals surface area (Å²) >= 11 is 0. The van der Waals surface area contributed by atoms with E-state index in [0.29, 0.717) is 6.04 Å². The number of hydrogen-bond acceptors (Lipinski definition) is 4. The molecule has 0 amide bonds. The van der Waals surface area contributed by atoms with Gasteiger partial charge in [-0.3, -0.25) is 4.90 Å². The van der Waals surface area contributed by atoms with Gasteiger partial charge >= 0.3 is 0 Å². The molecule has 19 heavy (non-hydrogen) atoms. The number of rotatable bonds is 4. The summed E-state index contributed by atoms with van der Waals surface area (Å²) in [6.07, 6.45) is 0. The van der Waals surface area contributed by atoms with Gasteiger partial charge in [-0.05, 0) is 37.1 Å². The second-order valence-electron chi connectivity index (χ2n) is 5.03. The van der Waals surface area contributed by atoms with Crippen LogP contribution in [0.3, 0.4) is 0 Å². The van der Waals surface area contributed by atoms with Gasteiger partial charge in [-0.25, -0.2) is 0 Å². The number of nitrogens with zero attached hydrogens (tertiary/aromatic N) is 1. The van der Waals surface area contributed by atoms with Gasteiger partial charge in [0.25, 0.3) is 0 Å². The van der Waals surface area contributed by atoms with Crippen LogP contribution >= 0.6 is 0 Å². The Hall–Kier alpha value is -1.26. The van der Waals surface area contributed by atoms with E-state index in [1.54, 1.807) is 14.2 Å². The summed E-state index contributed by atoms with van der Waals surface area (Å²) in [7, 11) is 3.36. The van der Waals surface area contributed by atoms with Gasteiger partial charge in [-0.2, -0.15) is 0 Å². The first-order valence-corrected chi connectivity index (χ1v) is 6.84. The number of aryl methyl sites for hydroxylation is 1. The summed E-state index contributed by atoms with van der Waals surface area (Å²) in [5.74, 6) is 1.61. The maximum Gasteiger partial charge on any atom is 0.161 e. The van der Waals surface area contributed by atoms with Crippen LogP contribution in [-0.2, 0) is 0 Å². The van der Waals surface area contributed by atoms with Gasteiger partial charge in [0.1, 0.15) is 0 Å². The fourth-order valence-corrected chi connectivity index (χ4v) is 2.71. The van der Waals surface area contributed by atoms with Crippen LogP contribution in [0.25, 0.3) is 0 Å². The van der Waals surface area contributed by atoms with E-state index in [-0.39, 0.29) is 0 Å². The molecule has 1 aromatic carbocycles. The molecule has 2 rings (SSSR count). The highest BCUT2D eigenvalue weighted by Crippen LogP contribution is 2.34. The molecule has 0 spiro atoms. The maximum atomic E-state index is 5.41. The minimum absolute atomic E-state index is 0.405. The van der Waals surface area contributed by atoms with Crippen LogP contribution in [0.2, 0.25) is 0 Å². The van der Waals surface area contributed by atoms with Crippen molar-refractivity contribution in [3.05, 3.63) is 23.3 Å². The van der Waals surface area contributed by atoms with Crippen molar-refractivity contribution >= 4 is 0 Å². The number of methoxy groups -OCH3 is 2. The molecule has 1 heterocycles. The third kappa shape index (κ3) is 3.01. The van der Waals surface area contributed by atoms with Crippen molar-refractivity contribution in [2.75, 3.05) is 40.4 Å². The molecule has 1 saturated heterocycles. The molecule has 1 aliphatic rings. The molecule has 1 aliphatic heterocycles. The van der Waals surface area contributed by atoms with Crippen molar-refractivity contribution < 1.29 is 9.47 Å². The molecule has 0 radical (unpaired) electrons. The third-order valence-corrected chi connectivity index (χ3v) is 3.92. The van der Waals surface area contributed by atoms with Gasteiger partial charge in [0.2, 0.25) is 0 Å². The Bertz CT molecular complexity index is 428. The van der Waals surface area contributed by atoms with E-state index in [1.165, 1.54) is 11.1 Å². The van der Waals surface area contributed by atoms with E-state index in [9.17, 15) is 0 Å². The lowest BCUT2D eigenvalue weighted by molar-refractivity contribution is 0.184. The highest BCUT2D eigenvalue weighted by atomic mass is 16.5. The first kappa shape index (κ1) is 14.2. The zero-order valence-electron chi connectivity index (χ0n) is 12.3. The van der Waals surface area contributed by atoms with Crippen LogP contribution in [0.5, 0.6) is 11.5 Å². The molecule has 1 unspecified atom stereocenters. The van der Waals surface area contributed by atoms with Gasteiger partial charge in [0.15, 0.2) is 11.5 Å². The molecule has 0 bridgehead atoms. The van der Waals surface area contributed by atoms with Crippen molar-refractivity contribution in [2.24, 2.45) is 0 Å². The lowest BCUT2D eigenvalue weighted by Gasteiger charge is -2.34. The van der Waals surface area contributed by atoms with Gasteiger partial charge in [-0.1, -0.05) is 0 Å². The van der Waals surface area contributed by atoms with E-state index >= 15 is 0 Å². The zero-order valence-corrected chi connectivity index (χ0v) is 12.3. The number of ether oxygens (including phenoxy) is 2. The summed E-state index contributed by atoms with van der Waals surface area (Å²) in [5.41, 5.74) is 2.57. The molecule has 0 aliphatic carbocycles. The van der Waals surface area contributed by atoms with Crippen molar-refractivity contribution in [1.29, 1.82) is 0 Å². The average molecular weight is 264 g/mol. The van der Waals surface area contributed by atoms with E-state index in [0.717, 1.165) is 37.7 Å². The molecule has 106 valence electrons. The van der Waals surface area contributed by atoms with Gasteiger partial charge in [-0.15, -0.1) is 0 Å². The summed E-state index contributed by atoms with van der Waals surface area (Å²) in [4.78, 5) is 2.50. The van der Waals surface area contributed by atoms with Crippen molar-refractivity contribution in [3.63, 3.8) is 0 Å². The Kier molecular flexibility index (Phi) is 4.66. The molecule has 4 nitrogen and oxygen atoms in total. The predicted molar refractivity (Wildman–Crippen MR) is 77.1 cm³/mol. The summed E-state index contributed by atoms with van der Waals surface area (Å²) < 4.78 is 10.8. The molecular formula is C15H24N2O2. The lowest BCUT2D eigenvalue weighted by atomic mass is 9.99. The highest BCUT2D eigenvalue weighted by molar-refractivity contribution is 5.48. The highest BCUT2D eigenvalue weighted by Gasteiger charge is 2.21. The maximum absolute atomic E-state index is 5.41. The van der Waals surface area contributed by atoms with Gasteiger partial charge in [0, 0.05) is 32.2 Å². The monoisotopic (exact) mass is 264 g/mol. The Balaban J connectivity index is 2.27. The molecule has 4 heteroatoms. The molecule has 0 saturated carbocycles. The first-order chi connectivity index (χ1) is 9.17. The quantitative estimate of drug-likeness (QED) is 0.901. The minimum Gasteiger partial charge on any atom is -0.493 e. The van der Waals surface area contributed by atoms with Crippen LogP contribution < -0.4 is 14.8 Å².